The molecule has 0 rings (SSSR count). The summed E-state index contributed by atoms with van der Waals surface area (Å²) in [5.74, 6) is 0. The highest BCUT2D eigenvalue weighted by Gasteiger charge is 2.31. The van der Waals surface area contributed by atoms with Gasteiger partial charge in [0.05, 0.1) is 32.1 Å². The van der Waals surface area contributed by atoms with Gasteiger partial charge in [-0.05, 0) is 27.7 Å². The second-order valence-electron chi connectivity index (χ2n) is 4.75. The molecule has 0 heterocycles. The van der Waals surface area contributed by atoms with Crippen molar-refractivity contribution in [1.29, 1.82) is 5.26 Å². The summed E-state index contributed by atoms with van der Waals surface area (Å²) >= 11 is 0. The van der Waals surface area contributed by atoms with Crippen LogP contribution in [0.2, 0.25) is 0 Å². The van der Waals surface area contributed by atoms with E-state index in [1.165, 1.54) is 0 Å². The largest absolute Gasteiger partial charge is 0.391 e. The molecule has 1 atom stereocenters. The van der Waals surface area contributed by atoms with Gasteiger partial charge in [-0.1, -0.05) is 0 Å². The van der Waals surface area contributed by atoms with Crippen LogP contribution in [0.4, 0.5) is 13.2 Å². The van der Waals surface area contributed by atoms with Crippen molar-refractivity contribution in [3.63, 3.8) is 0 Å². The first-order chi connectivity index (χ1) is 9.19. The number of rotatable bonds is 9. The molecule has 0 amide bonds. The van der Waals surface area contributed by atoms with Crippen molar-refractivity contribution in [2.45, 2.75) is 58.8 Å². The fourth-order valence-electron chi connectivity index (χ4n) is 1.55. The maximum Gasteiger partial charge on any atom is 0.391 e. The van der Waals surface area contributed by atoms with Crippen LogP contribution in [0, 0.1) is 11.3 Å². The van der Waals surface area contributed by atoms with Gasteiger partial charge in [-0.25, -0.2) is 4.67 Å². The van der Waals surface area contributed by atoms with E-state index in [-0.39, 0.29) is 25.1 Å². The lowest BCUT2D eigenvalue weighted by molar-refractivity contribution is -0.139. The fraction of sp³-hybridized carbons (Fsp3) is 0.917. The third-order valence-electron chi connectivity index (χ3n) is 2.25. The van der Waals surface area contributed by atoms with E-state index in [0.29, 0.717) is 0 Å². The Hall–Kier alpha value is -0.410. The highest BCUT2D eigenvalue weighted by molar-refractivity contribution is 7.44. The number of halogens is 3. The van der Waals surface area contributed by atoms with Crippen LogP contribution < -0.4 is 0 Å². The summed E-state index contributed by atoms with van der Waals surface area (Å²) in [6, 6.07) is 2.09. The predicted octanol–water partition coefficient (Wildman–Crippen LogP) is 4.23. The maximum absolute atomic E-state index is 12.2. The van der Waals surface area contributed by atoms with Crippen molar-refractivity contribution in [2.75, 3.05) is 13.2 Å². The predicted molar refractivity (Wildman–Crippen MR) is 71.8 cm³/mol. The number of alkyl halides is 3. The number of hydrogen-bond acceptors (Lipinski definition) is 4. The Morgan fingerprint density at radius 2 is 1.60 bits per heavy atom. The lowest BCUT2D eigenvalue weighted by atomic mass is 10.3. The molecule has 1 unspecified atom stereocenters. The summed E-state index contributed by atoms with van der Waals surface area (Å²) in [4.78, 5) is 0. The van der Waals surface area contributed by atoms with E-state index >= 15 is 0 Å². The first-order valence-corrected chi connectivity index (χ1v) is 7.60. The van der Waals surface area contributed by atoms with Crippen molar-refractivity contribution >= 4 is 8.53 Å². The Balaban J connectivity index is 4.57. The van der Waals surface area contributed by atoms with Crippen LogP contribution in [-0.4, -0.2) is 36.1 Å². The van der Waals surface area contributed by atoms with E-state index in [1.54, 1.807) is 0 Å². The monoisotopic (exact) mass is 314 g/mol. The Morgan fingerprint density at radius 1 is 1.10 bits per heavy atom. The Morgan fingerprint density at radius 3 is 2.00 bits per heavy atom. The molecule has 0 bridgehead atoms. The van der Waals surface area contributed by atoms with Crippen LogP contribution >= 0.6 is 8.53 Å². The molecule has 0 aliphatic heterocycles. The molecule has 0 N–H and O–H groups in total. The van der Waals surface area contributed by atoms with Gasteiger partial charge in [0.2, 0.25) is 0 Å². The Kier molecular flexibility index (Phi) is 9.32. The molecule has 0 aromatic rings. The van der Waals surface area contributed by atoms with Crippen molar-refractivity contribution in [3.05, 3.63) is 0 Å². The van der Waals surface area contributed by atoms with Crippen molar-refractivity contribution in [3.8, 4) is 6.07 Å². The fourth-order valence-corrected chi connectivity index (χ4v) is 3.14. The summed E-state index contributed by atoms with van der Waals surface area (Å²) < 4.78 is 49.1. The van der Waals surface area contributed by atoms with E-state index in [2.05, 4.69) is 0 Å². The van der Waals surface area contributed by atoms with Crippen LogP contribution in [0.5, 0.6) is 0 Å². The summed E-state index contributed by atoms with van der Waals surface area (Å²) in [7, 11) is -1.59. The number of hydrogen-bond donors (Lipinski definition) is 0. The second-order valence-corrected chi connectivity index (χ2v) is 6.20. The van der Waals surface area contributed by atoms with Gasteiger partial charge in [0.25, 0.3) is 8.53 Å². The van der Waals surface area contributed by atoms with Crippen LogP contribution in [0.25, 0.3) is 0 Å². The smallest absolute Gasteiger partial charge is 0.322 e. The molecule has 0 fully saturated rings. The molecular weight excluding hydrogens is 292 g/mol. The molecule has 8 heteroatoms. The zero-order chi connectivity index (χ0) is 15.8. The molecule has 0 aromatic heterocycles. The van der Waals surface area contributed by atoms with Gasteiger partial charge in [-0.2, -0.15) is 18.4 Å². The van der Waals surface area contributed by atoms with E-state index < -0.39 is 27.7 Å². The molecule has 0 spiro atoms. The van der Waals surface area contributed by atoms with Gasteiger partial charge >= 0.3 is 6.18 Å². The van der Waals surface area contributed by atoms with Gasteiger partial charge in [0.15, 0.2) is 0 Å². The summed E-state index contributed by atoms with van der Waals surface area (Å²) in [6.45, 7) is 7.43. The van der Waals surface area contributed by atoms with Gasteiger partial charge in [-0.3, -0.25) is 0 Å². The zero-order valence-corrected chi connectivity index (χ0v) is 13.2. The molecule has 0 aromatic carbocycles. The van der Waals surface area contributed by atoms with Gasteiger partial charge in [0.1, 0.15) is 0 Å². The molecule has 0 aliphatic rings. The highest BCUT2D eigenvalue weighted by atomic mass is 31.2. The first-order valence-electron chi connectivity index (χ1n) is 6.47. The highest BCUT2D eigenvalue weighted by Crippen LogP contribution is 2.46. The summed E-state index contributed by atoms with van der Waals surface area (Å²) in [6.07, 6.45) is -5.06. The SMILES string of the molecule is CC(C)N(C(C)C)P(OCCC#N)OCCC(F)(F)F. The molecule has 4 nitrogen and oxygen atoms in total. The molecule has 118 valence electrons. The molecule has 0 saturated carbocycles. The van der Waals surface area contributed by atoms with E-state index in [0.717, 1.165) is 0 Å². The van der Waals surface area contributed by atoms with Crippen molar-refractivity contribution in [2.24, 2.45) is 0 Å². The zero-order valence-electron chi connectivity index (χ0n) is 12.3. The third-order valence-corrected chi connectivity index (χ3v) is 4.36. The minimum Gasteiger partial charge on any atom is -0.322 e. The Labute approximate surface area is 119 Å². The lowest BCUT2D eigenvalue weighted by Gasteiger charge is -2.35. The van der Waals surface area contributed by atoms with Crippen LogP contribution in [-0.2, 0) is 9.05 Å². The van der Waals surface area contributed by atoms with Crippen LogP contribution in [0.1, 0.15) is 40.5 Å². The van der Waals surface area contributed by atoms with Crippen molar-refractivity contribution < 1.29 is 22.2 Å². The topological polar surface area (TPSA) is 45.5 Å². The molecule has 0 aliphatic carbocycles. The lowest BCUT2D eigenvalue weighted by Crippen LogP contribution is -2.34. The molecule has 0 saturated heterocycles. The second kappa shape index (κ2) is 9.51. The summed E-state index contributed by atoms with van der Waals surface area (Å²) in [5.41, 5.74) is 0. The first kappa shape index (κ1) is 19.6. The van der Waals surface area contributed by atoms with Crippen LogP contribution in [0.3, 0.4) is 0 Å². The quantitative estimate of drug-likeness (QED) is 0.472. The summed E-state index contributed by atoms with van der Waals surface area (Å²) in [5, 5.41) is 8.49. The van der Waals surface area contributed by atoms with Gasteiger partial charge in [-0.15, -0.1) is 0 Å². The molecular formula is C12H22F3N2O2P. The van der Waals surface area contributed by atoms with Gasteiger partial charge in [0, 0.05) is 12.1 Å². The van der Waals surface area contributed by atoms with E-state index in [1.807, 2.05) is 38.4 Å². The van der Waals surface area contributed by atoms with E-state index in [4.69, 9.17) is 14.3 Å². The maximum atomic E-state index is 12.2. The van der Waals surface area contributed by atoms with Crippen molar-refractivity contribution in [1.82, 2.24) is 4.67 Å². The average Bonchev–Trinajstić information content (AvgIpc) is 2.26. The number of nitrogens with zero attached hydrogens (tertiary/aromatic N) is 2. The minimum absolute atomic E-state index is 0.0779. The van der Waals surface area contributed by atoms with Crippen LogP contribution in [0.15, 0.2) is 0 Å². The Bertz CT molecular complexity index is 298. The normalized spacial score (nSPS) is 14.1. The standard InChI is InChI=1S/C12H22F3N2O2P/c1-10(2)17(11(3)4)20(18-8-5-7-16)19-9-6-12(13,14)15/h10-11H,5-6,8-9H2,1-4H3. The molecule has 20 heavy (non-hydrogen) atoms. The number of nitriles is 1. The minimum atomic E-state index is -4.24. The van der Waals surface area contributed by atoms with E-state index in [9.17, 15) is 13.2 Å². The average molecular weight is 314 g/mol. The van der Waals surface area contributed by atoms with Gasteiger partial charge < -0.3 is 9.05 Å². The molecule has 0 radical (unpaired) electrons. The third kappa shape index (κ3) is 8.70.